The van der Waals surface area contributed by atoms with E-state index >= 15 is 0 Å². The van der Waals surface area contributed by atoms with E-state index in [9.17, 15) is 22.0 Å². The summed E-state index contributed by atoms with van der Waals surface area (Å²) in [6, 6.07) is 2.40. The summed E-state index contributed by atoms with van der Waals surface area (Å²) in [5.74, 6) is -1.92. The van der Waals surface area contributed by atoms with Crippen molar-refractivity contribution in [3.05, 3.63) is 29.8 Å². The summed E-state index contributed by atoms with van der Waals surface area (Å²) >= 11 is 0. The molecule has 1 fully saturated rings. The number of nitrogens with zero attached hydrogens (tertiary/aromatic N) is 2. The van der Waals surface area contributed by atoms with Crippen LogP contribution in [-0.2, 0) is 14.8 Å². The van der Waals surface area contributed by atoms with Crippen molar-refractivity contribution in [2.45, 2.75) is 31.1 Å². The van der Waals surface area contributed by atoms with Crippen molar-refractivity contribution in [3.63, 3.8) is 0 Å². The van der Waals surface area contributed by atoms with Gasteiger partial charge in [-0.1, -0.05) is 13.3 Å². The van der Waals surface area contributed by atoms with Crippen LogP contribution in [0, 0.1) is 11.6 Å². The molecule has 0 N–H and O–H groups in total. The first kappa shape index (κ1) is 17.8. The summed E-state index contributed by atoms with van der Waals surface area (Å²) in [5.41, 5.74) is 0. The molecule has 1 aromatic rings. The van der Waals surface area contributed by atoms with Crippen molar-refractivity contribution in [3.8, 4) is 0 Å². The number of hydrogen-bond acceptors (Lipinski definition) is 3. The molecule has 0 saturated carbocycles. The lowest BCUT2D eigenvalue weighted by molar-refractivity contribution is -0.132. The van der Waals surface area contributed by atoms with Gasteiger partial charge in [0.2, 0.25) is 15.9 Å². The molecule has 0 aromatic heterocycles. The fourth-order valence-electron chi connectivity index (χ4n) is 2.49. The van der Waals surface area contributed by atoms with Crippen LogP contribution in [0.5, 0.6) is 0 Å². The maximum absolute atomic E-state index is 13.7. The van der Waals surface area contributed by atoms with Gasteiger partial charge in [0, 0.05) is 38.7 Å². The summed E-state index contributed by atoms with van der Waals surface area (Å²) in [7, 11) is -4.02. The minimum atomic E-state index is -4.02. The number of halogens is 2. The summed E-state index contributed by atoms with van der Waals surface area (Å²) in [4.78, 5) is 13.0. The number of piperazine rings is 1. The predicted molar refractivity (Wildman–Crippen MR) is 81.2 cm³/mol. The zero-order valence-corrected chi connectivity index (χ0v) is 13.8. The van der Waals surface area contributed by atoms with Gasteiger partial charge < -0.3 is 4.90 Å². The van der Waals surface area contributed by atoms with Gasteiger partial charge in [0.1, 0.15) is 16.5 Å². The van der Waals surface area contributed by atoms with E-state index in [0.717, 1.165) is 29.3 Å². The first-order valence-electron chi connectivity index (χ1n) is 7.59. The highest BCUT2D eigenvalue weighted by Crippen LogP contribution is 2.21. The van der Waals surface area contributed by atoms with Gasteiger partial charge in [0.25, 0.3) is 0 Å². The van der Waals surface area contributed by atoms with Gasteiger partial charge in [0.15, 0.2) is 0 Å². The number of unbranched alkanes of at least 4 members (excludes halogenated alkanes) is 1. The zero-order valence-electron chi connectivity index (χ0n) is 13.0. The Morgan fingerprint density at radius 2 is 1.83 bits per heavy atom. The maximum Gasteiger partial charge on any atom is 0.246 e. The standard InChI is InChI=1S/C15H20F2N2O3S/c1-2-3-4-15(20)18-7-9-19(10-8-18)23(21,22)14-6-5-12(16)11-13(14)17/h5-6,11H,2-4,7-10H2,1H3. The number of benzene rings is 1. The van der Waals surface area contributed by atoms with Crippen LogP contribution in [0.15, 0.2) is 23.1 Å². The van der Waals surface area contributed by atoms with E-state index in [1.165, 1.54) is 0 Å². The quantitative estimate of drug-likeness (QED) is 0.819. The number of rotatable bonds is 5. The highest BCUT2D eigenvalue weighted by molar-refractivity contribution is 7.89. The summed E-state index contributed by atoms with van der Waals surface area (Å²) in [6.45, 7) is 2.78. The summed E-state index contributed by atoms with van der Waals surface area (Å²) in [6.07, 6.45) is 2.18. The van der Waals surface area contributed by atoms with E-state index in [-0.39, 0.29) is 32.1 Å². The lowest BCUT2D eigenvalue weighted by Crippen LogP contribution is -2.50. The predicted octanol–water partition coefficient (Wildman–Crippen LogP) is 1.99. The summed E-state index contributed by atoms with van der Waals surface area (Å²) in [5, 5.41) is 0. The third kappa shape index (κ3) is 4.06. The molecule has 1 heterocycles. The van der Waals surface area contributed by atoms with Gasteiger partial charge >= 0.3 is 0 Å². The Hall–Kier alpha value is -1.54. The highest BCUT2D eigenvalue weighted by atomic mass is 32.2. The molecular weight excluding hydrogens is 326 g/mol. The molecule has 0 bridgehead atoms. The van der Waals surface area contributed by atoms with E-state index in [4.69, 9.17) is 0 Å². The lowest BCUT2D eigenvalue weighted by atomic mass is 10.2. The van der Waals surface area contributed by atoms with E-state index in [2.05, 4.69) is 0 Å². The zero-order chi connectivity index (χ0) is 17.0. The largest absolute Gasteiger partial charge is 0.340 e. The molecular formula is C15H20F2N2O3S. The topological polar surface area (TPSA) is 57.7 Å². The number of sulfonamides is 1. The second kappa shape index (κ2) is 7.35. The number of hydrogen-bond donors (Lipinski definition) is 0. The normalized spacial score (nSPS) is 16.6. The summed E-state index contributed by atoms with van der Waals surface area (Å²) < 4.78 is 52.6. The average molecular weight is 346 g/mol. The second-order valence-electron chi connectivity index (χ2n) is 5.46. The molecule has 1 aliphatic rings. The SMILES string of the molecule is CCCCC(=O)N1CCN(S(=O)(=O)c2ccc(F)cc2F)CC1. The van der Waals surface area contributed by atoms with Crippen LogP contribution >= 0.6 is 0 Å². The van der Waals surface area contributed by atoms with E-state index in [0.29, 0.717) is 12.5 Å². The molecule has 0 aliphatic carbocycles. The van der Waals surface area contributed by atoms with Gasteiger partial charge in [0.05, 0.1) is 0 Å². The molecule has 0 radical (unpaired) electrons. The van der Waals surface area contributed by atoms with Crippen LogP contribution < -0.4 is 0 Å². The van der Waals surface area contributed by atoms with Crippen molar-refractivity contribution in [1.29, 1.82) is 0 Å². The van der Waals surface area contributed by atoms with Crippen molar-refractivity contribution in [1.82, 2.24) is 9.21 Å². The average Bonchev–Trinajstić information content (AvgIpc) is 2.52. The minimum absolute atomic E-state index is 0.0110. The van der Waals surface area contributed by atoms with Crippen LogP contribution in [0.25, 0.3) is 0 Å². The van der Waals surface area contributed by atoms with Crippen LogP contribution in [0.4, 0.5) is 8.78 Å². The van der Waals surface area contributed by atoms with Gasteiger partial charge in [-0.3, -0.25) is 4.79 Å². The van der Waals surface area contributed by atoms with Crippen molar-refractivity contribution >= 4 is 15.9 Å². The Balaban J connectivity index is 2.05. The number of carbonyl (C=O) groups excluding carboxylic acids is 1. The fraction of sp³-hybridized carbons (Fsp3) is 0.533. The third-order valence-corrected chi connectivity index (χ3v) is 5.78. The molecule has 0 unspecified atom stereocenters. The Bertz CT molecular complexity index is 671. The van der Waals surface area contributed by atoms with Crippen molar-refractivity contribution in [2.24, 2.45) is 0 Å². The van der Waals surface area contributed by atoms with Crippen LogP contribution in [0.3, 0.4) is 0 Å². The first-order valence-corrected chi connectivity index (χ1v) is 9.03. The van der Waals surface area contributed by atoms with Gasteiger partial charge in [-0.2, -0.15) is 4.31 Å². The van der Waals surface area contributed by atoms with Crippen LogP contribution in [0.2, 0.25) is 0 Å². The Morgan fingerprint density at radius 3 is 2.39 bits per heavy atom. The number of carbonyl (C=O) groups is 1. The number of amides is 1. The molecule has 0 spiro atoms. The molecule has 23 heavy (non-hydrogen) atoms. The molecule has 1 aromatic carbocycles. The second-order valence-corrected chi connectivity index (χ2v) is 7.37. The van der Waals surface area contributed by atoms with Gasteiger partial charge in [-0.05, 0) is 18.6 Å². The molecule has 1 saturated heterocycles. The minimum Gasteiger partial charge on any atom is -0.340 e. The van der Waals surface area contributed by atoms with E-state index < -0.39 is 26.6 Å². The van der Waals surface area contributed by atoms with Gasteiger partial charge in [-0.15, -0.1) is 0 Å². The van der Waals surface area contributed by atoms with Crippen molar-refractivity contribution in [2.75, 3.05) is 26.2 Å². The smallest absolute Gasteiger partial charge is 0.246 e. The van der Waals surface area contributed by atoms with Crippen LogP contribution in [-0.4, -0.2) is 49.7 Å². The molecule has 8 heteroatoms. The monoisotopic (exact) mass is 346 g/mol. The lowest BCUT2D eigenvalue weighted by Gasteiger charge is -2.34. The fourth-order valence-corrected chi connectivity index (χ4v) is 3.96. The Labute approximate surface area is 134 Å². The molecule has 0 atom stereocenters. The van der Waals surface area contributed by atoms with Crippen molar-refractivity contribution < 1.29 is 22.0 Å². The third-order valence-electron chi connectivity index (χ3n) is 3.85. The van der Waals surface area contributed by atoms with Crippen LogP contribution in [0.1, 0.15) is 26.2 Å². The molecule has 5 nitrogen and oxygen atoms in total. The molecule has 1 amide bonds. The van der Waals surface area contributed by atoms with Gasteiger partial charge in [-0.25, -0.2) is 17.2 Å². The molecule has 1 aliphatic heterocycles. The molecule has 128 valence electrons. The Kier molecular flexibility index (Phi) is 5.69. The Morgan fingerprint density at radius 1 is 1.17 bits per heavy atom. The molecule has 2 rings (SSSR count). The first-order chi connectivity index (χ1) is 10.9. The van der Waals surface area contributed by atoms with E-state index in [1.807, 2.05) is 6.92 Å². The van der Waals surface area contributed by atoms with E-state index in [1.54, 1.807) is 4.90 Å². The maximum atomic E-state index is 13.7. The highest BCUT2D eigenvalue weighted by Gasteiger charge is 2.31.